The fourth-order valence-corrected chi connectivity index (χ4v) is 2.71. The van der Waals surface area contributed by atoms with Crippen molar-refractivity contribution in [1.82, 2.24) is 4.98 Å². The zero-order valence-electron chi connectivity index (χ0n) is 11.5. The zero-order valence-corrected chi connectivity index (χ0v) is 11.5. The first-order valence-corrected chi connectivity index (χ1v) is 6.84. The molecule has 0 atom stereocenters. The van der Waals surface area contributed by atoms with E-state index < -0.39 is 5.97 Å². The van der Waals surface area contributed by atoms with Crippen LogP contribution in [0.1, 0.15) is 10.6 Å². The van der Waals surface area contributed by atoms with Crippen LogP contribution in [-0.4, -0.2) is 16.1 Å². The van der Waals surface area contributed by atoms with Crippen LogP contribution in [0.15, 0.2) is 65.2 Å². The Hall–Kier alpha value is -3.14. The third-order valence-corrected chi connectivity index (χ3v) is 3.67. The highest BCUT2D eigenvalue weighted by Crippen LogP contribution is 2.35. The Bertz CT molecular complexity index is 1000. The highest BCUT2D eigenvalue weighted by molar-refractivity contribution is 6.12. The Morgan fingerprint density at radius 3 is 2.50 bits per heavy atom. The van der Waals surface area contributed by atoms with Crippen molar-refractivity contribution in [3.05, 3.63) is 66.6 Å². The molecule has 4 aromatic rings. The zero-order chi connectivity index (χ0) is 15.1. The number of nitrogens with zero attached hydrogens (tertiary/aromatic N) is 1. The number of benzene rings is 2. The van der Waals surface area contributed by atoms with E-state index in [-0.39, 0.29) is 5.76 Å². The maximum Gasteiger partial charge on any atom is 0.371 e. The Morgan fingerprint density at radius 1 is 1.00 bits per heavy atom. The second kappa shape index (κ2) is 4.70. The third kappa shape index (κ3) is 1.85. The van der Waals surface area contributed by atoms with Crippen LogP contribution in [0.2, 0.25) is 0 Å². The lowest BCUT2D eigenvalue weighted by Gasteiger charge is -2.06. The SMILES string of the molecule is O=C(O)c1cc2cc(-c3ccccn3)c3ccccc3c2o1. The van der Waals surface area contributed by atoms with Gasteiger partial charge in [0.25, 0.3) is 0 Å². The normalized spacial score (nSPS) is 11.1. The van der Waals surface area contributed by atoms with Gasteiger partial charge in [0.05, 0.1) is 5.69 Å². The molecule has 4 rings (SSSR count). The summed E-state index contributed by atoms with van der Waals surface area (Å²) in [6.45, 7) is 0. The molecule has 0 aliphatic rings. The molecule has 2 aromatic carbocycles. The van der Waals surface area contributed by atoms with Gasteiger partial charge in [0.1, 0.15) is 5.58 Å². The van der Waals surface area contributed by atoms with Gasteiger partial charge in [0.15, 0.2) is 0 Å². The van der Waals surface area contributed by atoms with Crippen LogP contribution in [-0.2, 0) is 0 Å². The number of carboxylic acid groups (broad SMARTS) is 1. The Morgan fingerprint density at radius 2 is 1.77 bits per heavy atom. The lowest BCUT2D eigenvalue weighted by atomic mass is 9.99. The number of carbonyl (C=O) groups is 1. The number of aromatic carboxylic acids is 1. The van der Waals surface area contributed by atoms with Crippen molar-refractivity contribution in [3.8, 4) is 11.3 Å². The third-order valence-electron chi connectivity index (χ3n) is 3.67. The molecule has 1 N–H and O–H groups in total. The molecule has 106 valence electrons. The molecular formula is C18H11NO3. The minimum absolute atomic E-state index is 0.0571. The van der Waals surface area contributed by atoms with Crippen LogP contribution in [0.25, 0.3) is 33.0 Å². The van der Waals surface area contributed by atoms with Crippen molar-refractivity contribution in [3.63, 3.8) is 0 Å². The minimum Gasteiger partial charge on any atom is -0.475 e. The van der Waals surface area contributed by atoms with E-state index in [0.29, 0.717) is 5.58 Å². The summed E-state index contributed by atoms with van der Waals surface area (Å²) in [6, 6.07) is 17.0. The van der Waals surface area contributed by atoms with E-state index in [9.17, 15) is 4.79 Å². The summed E-state index contributed by atoms with van der Waals surface area (Å²) in [4.78, 5) is 15.6. The smallest absolute Gasteiger partial charge is 0.371 e. The second-order valence-corrected chi connectivity index (χ2v) is 5.02. The van der Waals surface area contributed by atoms with E-state index in [1.54, 1.807) is 12.3 Å². The predicted octanol–water partition coefficient (Wildman–Crippen LogP) is 4.35. The second-order valence-electron chi connectivity index (χ2n) is 5.02. The maximum absolute atomic E-state index is 11.2. The van der Waals surface area contributed by atoms with Crippen LogP contribution in [0.5, 0.6) is 0 Å². The maximum atomic E-state index is 11.2. The van der Waals surface area contributed by atoms with Crippen molar-refractivity contribution in [2.75, 3.05) is 0 Å². The Balaban J connectivity index is 2.13. The number of fused-ring (bicyclic) bond motifs is 3. The molecule has 22 heavy (non-hydrogen) atoms. The number of aromatic nitrogens is 1. The molecule has 0 unspecified atom stereocenters. The molecule has 0 radical (unpaired) electrons. The number of hydrogen-bond acceptors (Lipinski definition) is 3. The topological polar surface area (TPSA) is 63.3 Å². The van der Waals surface area contributed by atoms with E-state index in [1.165, 1.54) is 0 Å². The highest BCUT2D eigenvalue weighted by Gasteiger charge is 2.15. The number of furan rings is 1. The standard InChI is InChI=1S/C18H11NO3/c20-18(21)16-10-11-9-14(15-7-3-4-8-19-15)12-5-1-2-6-13(12)17(11)22-16/h1-10H,(H,20,21). The van der Waals surface area contributed by atoms with Crippen molar-refractivity contribution in [2.45, 2.75) is 0 Å². The fourth-order valence-electron chi connectivity index (χ4n) is 2.71. The molecule has 0 fully saturated rings. The fraction of sp³-hybridized carbons (Fsp3) is 0. The van der Waals surface area contributed by atoms with E-state index in [2.05, 4.69) is 4.98 Å². The lowest BCUT2D eigenvalue weighted by molar-refractivity contribution is 0.0665. The Kier molecular flexibility index (Phi) is 2.69. The summed E-state index contributed by atoms with van der Waals surface area (Å²) in [5.41, 5.74) is 2.40. The molecule has 0 amide bonds. The molecule has 2 heterocycles. The van der Waals surface area contributed by atoms with Gasteiger partial charge in [-0.25, -0.2) is 4.79 Å². The van der Waals surface area contributed by atoms with Gasteiger partial charge in [-0.2, -0.15) is 0 Å². The molecule has 0 aliphatic carbocycles. The summed E-state index contributed by atoms with van der Waals surface area (Å²) in [5, 5.41) is 11.8. The van der Waals surface area contributed by atoms with Gasteiger partial charge in [-0.1, -0.05) is 30.3 Å². The predicted molar refractivity (Wildman–Crippen MR) is 83.9 cm³/mol. The van der Waals surface area contributed by atoms with E-state index >= 15 is 0 Å². The molecule has 4 nitrogen and oxygen atoms in total. The quantitative estimate of drug-likeness (QED) is 0.596. The van der Waals surface area contributed by atoms with Crippen LogP contribution in [0, 0.1) is 0 Å². The molecule has 0 saturated carbocycles. The average Bonchev–Trinajstić information content (AvgIpc) is 2.99. The van der Waals surface area contributed by atoms with Crippen molar-refractivity contribution in [2.24, 2.45) is 0 Å². The summed E-state index contributed by atoms with van der Waals surface area (Å²) in [5.74, 6) is -1.13. The number of rotatable bonds is 2. The largest absolute Gasteiger partial charge is 0.475 e. The molecule has 0 aliphatic heterocycles. The molecule has 4 heteroatoms. The van der Waals surface area contributed by atoms with Crippen LogP contribution < -0.4 is 0 Å². The molecule has 0 spiro atoms. The van der Waals surface area contributed by atoms with Gasteiger partial charge >= 0.3 is 5.97 Å². The first kappa shape index (κ1) is 12.6. The van der Waals surface area contributed by atoms with Crippen LogP contribution >= 0.6 is 0 Å². The summed E-state index contributed by atoms with van der Waals surface area (Å²) in [6.07, 6.45) is 1.74. The molecule has 0 bridgehead atoms. The monoisotopic (exact) mass is 289 g/mol. The van der Waals surface area contributed by atoms with Gasteiger partial charge < -0.3 is 9.52 Å². The minimum atomic E-state index is -1.07. The van der Waals surface area contributed by atoms with E-state index in [4.69, 9.17) is 9.52 Å². The van der Waals surface area contributed by atoms with Gasteiger partial charge in [0.2, 0.25) is 5.76 Å². The van der Waals surface area contributed by atoms with Gasteiger partial charge in [-0.05, 0) is 29.7 Å². The van der Waals surface area contributed by atoms with Gasteiger partial charge in [-0.3, -0.25) is 4.98 Å². The summed E-state index contributed by atoms with van der Waals surface area (Å²) in [7, 11) is 0. The highest BCUT2D eigenvalue weighted by atomic mass is 16.4. The average molecular weight is 289 g/mol. The number of carboxylic acids is 1. The van der Waals surface area contributed by atoms with E-state index in [1.807, 2.05) is 48.5 Å². The van der Waals surface area contributed by atoms with E-state index in [0.717, 1.165) is 27.4 Å². The van der Waals surface area contributed by atoms with Crippen molar-refractivity contribution in [1.29, 1.82) is 0 Å². The van der Waals surface area contributed by atoms with Crippen molar-refractivity contribution < 1.29 is 14.3 Å². The first-order chi connectivity index (χ1) is 10.7. The van der Waals surface area contributed by atoms with Crippen LogP contribution in [0.3, 0.4) is 0 Å². The summed E-state index contributed by atoms with van der Waals surface area (Å²) < 4.78 is 5.51. The number of hydrogen-bond donors (Lipinski definition) is 1. The summed E-state index contributed by atoms with van der Waals surface area (Å²) >= 11 is 0. The van der Waals surface area contributed by atoms with Crippen LogP contribution in [0.4, 0.5) is 0 Å². The molecular weight excluding hydrogens is 278 g/mol. The van der Waals surface area contributed by atoms with Gasteiger partial charge in [-0.15, -0.1) is 0 Å². The van der Waals surface area contributed by atoms with Crippen molar-refractivity contribution >= 4 is 27.7 Å². The molecule has 0 saturated heterocycles. The molecule has 2 aromatic heterocycles. The Labute approximate surface area is 125 Å². The lowest BCUT2D eigenvalue weighted by Crippen LogP contribution is -1.91. The first-order valence-electron chi connectivity index (χ1n) is 6.84. The number of pyridine rings is 1. The van der Waals surface area contributed by atoms with Gasteiger partial charge in [0, 0.05) is 22.5 Å².